The van der Waals surface area contributed by atoms with Crippen LogP contribution in [0.5, 0.6) is 11.5 Å². The van der Waals surface area contributed by atoms with Crippen LogP contribution in [-0.2, 0) is 4.79 Å². The van der Waals surface area contributed by atoms with E-state index in [0.717, 1.165) is 12.8 Å². The molecule has 0 fully saturated rings. The van der Waals surface area contributed by atoms with E-state index in [1.807, 2.05) is 6.92 Å². The van der Waals surface area contributed by atoms with E-state index in [0.29, 0.717) is 36.7 Å². The molecule has 0 unspecified atom stereocenters. The first-order chi connectivity index (χ1) is 9.17. The maximum atomic E-state index is 10.8. The number of ketones is 1. The molecule has 1 aromatic carbocycles. The summed E-state index contributed by atoms with van der Waals surface area (Å²) in [5, 5.41) is 8.84. The summed E-state index contributed by atoms with van der Waals surface area (Å²) in [5.41, 5.74) is 0.548. The van der Waals surface area contributed by atoms with E-state index in [4.69, 9.17) is 14.7 Å². The number of ether oxygens (including phenoxy) is 2. The second-order valence-electron chi connectivity index (χ2n) is 4.21. The van der Waals surface area contributed by atoms with E-state index in [-0.39, 0.29) is 5.78 Å². The summed E-state index contributed by atoms with van der Waals surface area (Å²) in [7, 11) is 0. The number of nitriles is 1. The van der Waals surface area contributed by atoms with Gasteiger partial charge in [-0.3, -0.25) is 0 Å². The summed E-state index contributed by atoms with van der Waals surface area (Å²) in [6.07, 6.45) is 2.25. The standard InChI is InChI=1S/C15H19NO3/c1-3-18-15-10-13(11-16)7-8-14(15)19-9-5-4-6-12(2)17/h7-8,10H,3-6,9H2,1-2H3. The van der Waals surface area contributed by atoms with Crippen molar-refractivity contribution in [2.45, 2.75) is 33.1 Å². The summed E-state index contributed by atoms with van der Waals surface area (Å²) >= 11 is 0. The minimum atomic E-state index is 0.202. The van der Waals surface area contributed by atoms with E-state index in [1.165, 1.54) is 0 Å². The fourth-order valence-electron chi connectivity index (χ4n) is 1.62. The predicted molar refractivity (Wildman–Crippen MR) is 72.4 cm³/mol. The van der Waals surface area contributed by atoms with Crippen molar-refractivity contribution in [3.05, 3.63) is 23.8 Å². The third-order valence-electron chi connectivity index (χ3n) is 2.55. The maximum Gasteiger partial charge on any atom is 0.162 e. The Morgan fingerprint density at radius 3 is 2.68 bits per heavy atom. The molecule has 0 aliphatic carbocycles. The lowest BCUT2D eigenvalue weighted by molar-refractivity contribution is -0.117. The third-order valence-corrected chi connectivity index (χ3v) is 2.55. The van der Waals surface area contributed by atoms with Crippen LogP contribution in [0.3, 0.4) is 0 Å². The Hall–Kier alpha value is -2.02. The van der Waals surface area contributed by atoms with Crippen molar-refractivity contribution in [2.24, 2.45) is 0 Å². The highest BCUT2D eigenvalue weighted by Gasteiger charge is 2.06. The van der Waals surface area contributed by atoms with Crippen LogP contribution < -0.4 is 9.47 Å². The lowest BCUT2D eigenvalue weighted by Gasteiger charge is -2.11. The van der Waals surface area contributed by atoms with Gasteiger partial charge in [-0.1, -0.05) is 0 Å². The normalized spacial score (nSPS) is 9.74. The Labute approximate surface area is 113 Å². The molecule has 0 bridgehead atoms. The molecule has 0 spiro atoms. The SMILES string of the molecule is CCOc1cc(C#N)ccc1OCCCCC(C)=O. The average molecular weight is 261 g/mol. The average Bonchev–Trinajstić information content (AvgIpc) is 2.39. The molecular weight excluding hydrogens is 242 g/mol. The zero-order valence-corrected chi connectivity index (χ0v) is 11.4. The van der Waals surface area contributed by atoms with Gasteiger partial charge in [-0.2, -0.15) is 5.26 Å². The fraction of sp³-hybridized carbons (Fsp3) is 0.467. The van der Waals surface area contributed by atoms with Crippen LogP contribution in [0.15, 0.2) is 18.2 Å². The highest BCUT2D eigenvalue weighted by atomic mass is 16.5. The number of benzene rings is 1. The van der Waals surface area contributed by atoms with E-state index in [2.05, 4.69) is 6.07 Å². The number of carbonyl (C=O) groups excluding carboxylic acids is 1. The van der Waals surface area contributed by atoms with Gasteiger partial charge in [-0.15, -0.1) is 0 Å². The molecular formula is C15H19NO3. The number of hydrogen-bond acceptors (Lipinski definition) is 4. The van der Waals surface area contributed by atoms with Crippen molar-refractivity contribution in [3.8, 4) is 17.6 Å². The first-order valence-electron chi connectivity index (χ1n) is 6.46. The van der Waals surface area contributed by atoms with Crippen molar-refractivity contribution in [1.29, 1.82) is 5.26 Å². The van der Waals surface area contributed by atoms with E-state index in [1.54, 1.807) is 25.1 Å². The molecule has 0 aliphatic rings. The summed E-state index contributed by atoms with van der Waals surface area (Å²) in [5.74, 6) is 1.44. The summed E-state index contributed by atoms with van der Waals surface area (Å²) in [6, 6.07) is 7.19. The number of hydrogen-bond donors (Lipinski definition) is 0. The number of carbonyl (C=O) groups is 1. The zero-order valence-electron chi connectivity index (χ0n) is 11.4. The second kappa shape index (κ2) is 8.15. The number of Topliss-reactive ketones (excluding diaryl/α,β-unsaturated/α-hetero) is 1. The smallest absolute Gasteiger partial charge is 0.162 e. The highest BCUT2D eigenvalue weighted by molar-refractivity contribution is 5.75. The quantitative estimate of drug-likeness (QED) is 0.675. The lowest BCUT2D eigenvalue weighted by atomic mass is 10.2. The molecule has 0 saturated heterocycles. The molecule has 0 N–H and O–H groups in total. The van der Waals surface area contributed by atoms with Crippen molar-refractivity contribution in [2.75, 3.05) is 13.2 Å². The van der Waals surface area contributed by atoms with Gasteiger partial charge in [0.1, 0.15) is 5.78 Å². The molecule has 4 heteroatoms. The van der Waals surface area contributed by atoms with Crippen LogP contribution in [-0.4, -0.2) is 19.0 Å². The minimum Gasteiger partial charge on any atom is -0.490 e. The summed E-state index contributed by atoms with van der Waals surface area (Å²) in [4.78, 5) is 10.8. The number of unbranched alkanes of at least 4 members (excludes halogenated alkanes) is 1. The molecule has 0 saturated carbocycles. The molecule has 0 radical (unpaired) electrons. The lowest BCUT2D eigenvalue weighted by Crippen LogP contribution is -2.02. The van der Waals surface area contributed by atoms with Gasteiger partial charge in [0, 0.05) is 12.5 Å². The largest absolute Gasteiger partial charge is 0.490 e. The predicted octanol–water partition coefficient (Wildman–Crippen LogP) is 3.10. The first kappa shape index (κ1) is 15.0. The second-order valence-corrected chi connectivity index (χ2v) is 4.21. The Bertz CT molecular complexity index is 463. The molecule has 0 amide bonds. The molecule has 1 rings (SSSR count). The Morgan fingerprint density at radius 1 is 1.26 bits per heavy atom. The van der Waals surface area contributed by atoms with Crippen LogP contribution in [0.1, 0.15) is 38.7 Å². The summed E-state index contributed by atoms with van der Waals surface area (Å²) < 4.78 is 11.1. The van der Waals surface area contributed by atoms with Crippen molar-refractivity contribution in [3.63, 3.8) is 0 Å². The molecule has 19 heavy (non-hydrogen) atoms. The monoisotopic (exact) mass is 261 g/mol. The molecule has 0 aromatic heterocycles. The van der Waals surface area contributed by atoms with Crippen molar-refractivity contribution >= 4 is 5.78 Å². The highest BCUT2D eigenvalue weighted by Crippen LogP contribution is 2.28. The van der Waals surface area contributed by atoms with Gasteiger partial charge in [-0.05, 0) is 38.8 Å². The minimum absolute atomic E-state index is 0.202. The van der Waals surface area contributed by atoms with Crippen LogP contribution in [0.25, 0.3) is 0 Å². The van der Waals surface area contributed by atoms with Crippen LogP contribution in [0, 0.1) is 11.3 Å². The van der Waals surface area contributed by atoms with Crippen molar-refractivity contribution in [1.82, 2.24) is 0 Å². The van der Waals surface area contributed by atoms with E-state index in [9.17, 15) is 4.79 Å². The zero-order chi connectivity index (χ0) is 14.1. The van der Waals surface area contributed by atoms with Gasteiger partial charge in [0.2, 0.25) is 0 Å². The molecule has 1 aromatic rings. The topological polar surface area (TPSA) is 59.3 Å². The van der Waals surface area contributed by atoms with E-state index < -0.39 is 0 Å². The molecule has 102 valence electrons. The Morgan fingerprint density at radius 2 is 2.05 bits per heavy atom. The van der Waals surface area contributed by atoms with Crippen molar-refractivity contribution < 1.29 is 14.3 Å². The van der Waals surface area contributed by atoms with Gasteiger partial charge in [0.05, 0.1) is 24.8 Å². The van der Waals surface area contributed by atoms with Gasteiger partial charge < -0.3 is 14.3 Å². The van der Waals surface area contributed by atoms with Gasteiger partial charge in [-0.25, -0.2) is 0 Å². The molecule has 4 nitrogen and oxygen atoms in total. The van der Waals surface area contributed by atoms with Crippen LogP contribution in [0.4, 0.5) is 0 Å². The molecule has 0 aliphatic heterocycles. The number of nitrogens with zero attached hydrogens (tertiary/aromatic N) is 1. The Balaban J connectivity index is 2.52. The number of rotatable bonds is 8. The Kier molecular flexibility index (Phi) is 6.45. The molecule has 0 heterocycles. The maximum absolute atomic E-state index is 10.8. The van der Waals surface area contributed by atoms with E-state index >= 15 is 0 Å². The fourth-order valence-corrected chi connectivity index (χ4v) is 1.62. The first-order valence-corrected chi connectivity index (χ1v) is 6.46. The third kappa shape index (κ3) is 5.43. The van der Waals surface area contributed by atoms with Gasteiger partial charge in [0.15, 0.2) is 11.5 Å². The van der Waals surface area contributed by atoms with Gasteiger partial charge in [0.25, 0.3) is 0 Å². The summed E-state index contributed by atoms with van der Waals surface area (Å²) in [6.45, 7) is 4.54. The van der Waals surface area contributed by atoms with Crippen LogP contribution in [0.2, 0.25) is 0 Å². The molecule has 0 atom stereocenters. The van der Waals surface area contributed by atoms with Gasteiger partial charge >= 0.3 is 0 Å². The van der Waals surface area contributed by atoms with Crippen LogP contribution >= 0.6 is 0 Å².